The zero-order chi connectivity index (χ0) is 14.4. The molecule has 0 saturated heterocycles. The average Bonchev–Trinajstić information content (AvgIpc) is 2.84. The van der Waals surface area contributed by atoms with Gasteiger partial charge in [0.05, 0.1) is 10.0 Å². The molecule has 20 heavy (non-hydrogen) atoms. The number of thiophene rings is 1. The Kier molecular flexibility index (Phi) is 5.31. The molecule has 6 heteroatoms. The van der Waals surface area contributed by atoms with E-state index in [9.17, 15) is 4.79 Å². The standard InChI is InChI=1S/C14H13BrN2O2S/c1-10-2-4-11(5-3-10)19-9-14(18)17-16-8-12-6-7-13(15)20-12/h2-8H,9H2,1H3,(H,17,18)/b16-8-. The normalized spacial score (nSPS) is 10.7. The molecular weight excluding hydrogens is 340 g/mol. The Morgan fingerprint density at radius 1 is 1.35 bits per heavy atom. The fraction of sp³-hybridized carbons (Fsp3) is 0.143. The smallest absolute Gasteiger partial charge is 0.277 e. The largest absolute Gasteiger partial charge is 0.484 e. The minimum Gasteiger partial charge on any atom is -0.484 e. The number of rotatable bonds is 5. The molecule has 1 aromatic heterocycles. The third-order valence-electron chi connectivity index (χ3n) is 2.37. The molecule has 1 heterocycles. The fourth-order valence-corrected chi connectivity index (χ4v) is 2.68. The Bertz CT molecular complexity index is 608. The van der Waals surface area contributed by atoms with E-state index < -0.39 is 0 Å². The third kappa shape index (κ3) is 4.79. The van der Waals surface area contributed by atoms with Crippen LogP contribution in [0.1, 0.15) is 10.4 Å². The van der Waals surface area contributed by atoms with E-state index in [1.54, 1.807) is 6.21 Å². The molecule has 0 aliphatic carbocycles. The second-order valence-electron chi connectivity index (χ2n) is 4.04. The van der Waals surface area contributed by atoms with E-state index in [4.69, 9.17) is 4.74 Å². The number of nitrogens with zero attached hydrogens (tertiary/aromatic N) is 1. The molecule has 1 aromatic carbocycles. The highest BCUT2D eigenvalue weighted by molar-refractivity contribution is 9.11. The summed E-state index contributed by atoms with van der Waals surface area (Å²) in [7, 11) is 0. The molecule has 0 unspecified atom stereocenters. The molecule has 0 aliphatic rings. The van der Waals surface area contributed by atoms with Gasteiger partial charge in [-0.15, -0.1) is 11.3 Å². The maximum absolute atomic E-state index is 11.5. The highest BCUT2D eigenvalue weighted by Gasteiger charge is 2.01. The Balaban J connectivity index is 1.75. The number of nitrogens with one attached hydrogen (secondary N) is 1. The molecule has 0 atom stereocenters. The quantitative estimate of drug-likeness (QED) is 0.662. The molecule has 1 amide bonds. The second-order valence-corrected chi connectivity index (χ2v) is 6.53. The van der Waals surface area contributed by atoms with E-state index in [1.807, 2.05) is 43.3 Å². The van der Waals surface area contributed by atoms with Crippen molar-refractivity contribution in [2.75, 3.05) is 6.61 Å². The Labute approximate surface area is 129 Å². The van der Waals surface area contributed by atoms with Gasteiger partial charge in [-0.2, -0.15) is 5.10 Å². The lowest BCUT2D eigenvalue weighted by Crippen LogP contribution is -2.24. The van der Waals surface area contributed by atoms with Gasteiger partial charge in [0.1, 0.15) is 5.75 Å². The van der Waals surface area contributed by atoms with Crippen molar-refractivity contribution in [2.45, 2.75) is 6.92 Å². The Morgan fingerprint density at radius 2 is 2.10 bits per heavy atom. The van der Waals surface area contributed by atoms with Gasteiger partial charge in [0, 0.05) is 4.88 Å². The second kappa shape index (κ2) is 7.21. The molecule has 1 N–H and O–H groups in total. The summed E-state index contributed by atoms with van der Waals surface area (Å²) in [6, 6.07) is 11.4. The van der Waals surface area contributed by atoms with E-state index in [-0.39, 0.29) is 12.5 Å². The minimum atomic E-state index is -0.294. The predicted octanol–water partition coefficient (Wildman–Crippen LogP) is 3.35. The van der Waals surface area contributed by atoms with E-state index in [0.29, 0.717) is 5.75 Å². The predicted molar refractivity (Wildman–Crippen MR) is 84.4 cm³/mol. The third-order valence-corrected chi connectivity index (χ3v) is 3.92. The van der Waals surface area contributed by atoms with Crippen LogP contribution in [0.2, 0.25) is 0 Å². The summed E-state index contributed by atoms with van der Waals surface area (Å²) in [5.41, 5.74) is 3.57. The molecule has 2 aromatic rings. The molecule has 4 nitrogen and oxygen atoms in total. The average molecular weight is 353 g/mol. The number of halogens is 1. The van der Waals surface area contributed by atoms with Gasteiger partial charge in [0.25, 0.3) is 5.91 Å². The molecule has 0 bridgehead atoms. The van der Waals surface area contributed by atoms with E-state index in [2.05, 4.69) is 26.5 Å². The summed E-state index contributed by atoms with van der Waals surface area (Å²) in [4.78, 5) is 12.5. The molecule has 0 aliphatic heterocycles. The van der Waals surface area contributed by atoms with Crippen LogP contribution < -0.4 is 10.2 Å². The summed E-state index contributed by atoms with van der Waals surface area (Å²) < 4.78 is 6.36. The molecule has 0 spiro atoms. The number of carbonyl (C=O) groups excluding carboxylic acids is 1. The van der Waals surface area contributed by atoms with E-state index >= 15 is 0 Å². The zero-order valence-electron chi connectivity index (χ0n) is 10.8. The number of hydrazone groups is 1. The summed E-state index contributed by atoms with van der Waals surface area (Å²) in [6.07, 6.45) is 1.60. The van der Waals surface area contributed by atoms with Gasteiger partial charge in [0.2, 0.25) is 0 Å². The molecule has 0 saturated carbocycles. The van der Waals surface area contributed by atoms with Gasteiger partial charge >= 0.3 is 0 Å². The first-order chi connectivity index (χ1) is 9.63. The van der Waals surface area contributed by atoms with Crippen LogP contribution in [-0.2, 0) is 4.79 Å². The van der Waals surface area contributed by atoms with Crippen molar-refractivity contribution in [2.24, 2.45) is 5.10 Å². The number of carbonyl (C=O) groups is 1. The van der Waals surface area contributed by atoms with Crippen molar-refractivity contribution in [3.63, 3.8) is 0 Å². The molecule has 2 rings (SSSR count). The first-order valence-corrected chi connectivity index (χ1v) is 7.51. The first-order valence-electron chi connectivity index (χ1n) is 5.90. The van der Waals surface area contributed by atoms with Crippen molar-refractivity contribution < 1.29 is 9.53 Å². The number of ether oxygens (including phenoxy) is 1. The number of hydrogen-bond acceptors (Lipinski definition) is 4. The van der Waals surface area contributed by atoms with Gasteiger partial charge in [-0.25, -0.2) is 5.43 Å². The maximum Gasteiger partial charge on any atom is 0.277 e. The Morgan fingerprint density at radius 3 is 2.75 bits per heavy atom. The van der Waals surface area contributed by atoms with Gasteiger partial charge in [0.15, 0.2) is 6.61 Å². The van der Waals surface area contributed by atoms with Crippen LogP contribution in [0.3, 0.4) is 0 Å². The van der Waals surface area contributed by atoms with E-state index in [1.165, 1.54) is 11.3 Å². The van der Waals surface area contributed by atoms with Crippen LogP contribution in [0.25, 0.3) is 0 Å². The van der Waals surface area contributed by atoms with Crippen molar-refractivity contribution in [3.8, 4) is 5.75 Å². The molecule has 0 fully saturated rings. The lowest BCUT2D eigenvalue weighted by molar-refractivity contribution is -0.123. The highest BCUT2D eigenvalue weighted by atomic mass is 79.9. The van der Waals surface area contributed by atoms with Gasteiger partial charge in [-0.3, -0.25) is 4.79 Å². The molecule has 104 valence electrons. The SMILES string of the molecule is Cc1ccc(OCC(=O)N/N=C\c2ccc(Br)s2)cc1. The molecule has 0 radical (unpaired) electrons. The lowest BCUT2D eigenvalue weighted by Gasteiger charge is -2.04. The Hall–Kier alpha value is -1.66. The van der Waals surface area contributed by atoms with Crippen molar-refractivity contribution >= 4 is 39.4 Å². The van der Waals surface area contributed by atoms with Crippen LogP contribution in [0.5, 0.6) is 5.75 Å². The summed E-state index contributed by atoms with van der Waals surface area (Å²) in [5, 5.41) is 3.87. The van der Waals surface area contributed by atoms with Crippen molar-refractivity contribution in [1.29, 1.82) is 0 Å². The zero-order valence-corrected chi connectivity index (χ0v) is 13.2. The summed E-state index contributed by atoms with van der Waals surface area (Å²) in [5.74, 6) is 0.370. The summed E-state index contributed by atoms with van der Waals surface area (Å²) in [6.45, 7) is 1.93. The van der Waals surface area contributed by atoms with Crippen LogP contribution in [0, 0.1) is 6.92 Å². The van der Waals surface area contributed by atoms with Crippen molar-refractivity contribution in [3.05, 3.63) is 50.6 Å². The van der Waals surface area contributed by atoms with Crippen LogP contribution in [0.4, 0.5) is 0 Å². The van der Waals surface area contributed by atoms with Gasteiger partial charge in [-0.05, 0) is 47.1 Å². The van der Waals surface area contributed by atoms with Crippen LogP contribution in [0.15, 0.2) is 45.3 Å². The van der Waals surface area contributed by atoms with Gasteiger partial charge < -0.3 is 4.74 Å². The lowest BCUT2D eigenvalue weighted by atomic mass is 10.2. The first kappa shape index (κ1) is 14.7. The minimum absolute atomic E-state index is 0.0610. The maximum atomic E-state index is 11.5. The molecular formula is C14H13BrN2O2S. The van der Waals surface area contributed by atoms with E-state index in [0.717, 1.165) is 14.2 Å². The highest BCUT2D eigenvalue weighted by Crippen LogP contribution is 2.20. The van der Waals surface area contributed by atoms with Crippen LogP contribution >= 0.6 is 27.3 Å². The van der Waals surface area contributed by atoms with Gasteiger partial charge in [-0.1, -0.05) is 17.7 Å². The number of benzene rings is 1. The number of amides is 1. The van der Waals surface area contributed by atoms with Crippen LogP contribution in [-0.4, -0.2) is 18.7 Å². The summed E-state index contributed by atoms with van der Waals surface area (Å²) >= 11 is 4.89. The van der Waals surface area contributed by atoms with Crippen molar-refractivity contribution in [1.82, 2.24) is 5.43 Å². The monoisotopic (exact) mass is 352 g/mol. The topological polar surface area (TPSA) is 50.7 Å². The number of aryl methyl sites for hydroxylation is 1. The number of hydrogen-bond donors (Lipinski definition) is 1. The fourth-order valence-electron chi connectivity index (χ4n) is 1.38.